The minimum Gasteiger partial charge on any atom is -0.486 e. The molecule has 0 amide bonds. The Morgan fingerprint density at radius 1 is 1.03 bits per heavy atom. The zero-order valence-corrected chi connectivity index (χ0v) is 17.8. The number of carbonyl (C=O) groups is 1. The van der Waals surface area contributed by atoms with Crippen LogP contribution in [0.2, 0.25) is 0 Å². The molecule has 8 heteroatoms. The quantitative estimate of drug-likeness (QED) is 0.602. The van der Waals surface area contributed by atoms with Gasteiger partial charge in [0.05, 0.1) is 12.1 Å². The van der Waals surface area contributed by atoms with Crippen LogP contribution in [0.5, 0.6) is 11.5 Å². The fourth-order valence-electron chi connectivity index (χ4n) is 4.06. The minimum absolute atomic E-state index is 0.177. The largest absolute Gasteiger partial charge is 0.486 e. The van der Waals surface area contributed by atoms with Crippen LogP contribution in [0.1, 0.15) is 12.2 Å². The summed E-state index contributed by atoms with van der Waals surface area (Å²) >= 11 is 0. The van der Waals surface area contributed by atoms with Crippen molar-refractivity contribution in [2.24, 2.45) is 0 Å². The van der Waals surface area contributed by atoms with Gasteiger partial charge in [-0.1, -0.05) is 6.07 Å². The van der Waals surface area contributed by atoms with Gasteiger partial charge in [-0.25, -0.2) is 9.50 Å². The first-order chi connectivity index (χ1) is 15.2. The van der Waals surface area contributed by atoms with Crippen molar-refractivity contribution < 1.29 is 14.3 Å². The van der Waals surface area contributed by atoms with Crippen LogP contribution in [0.4, 0.5) is 0 Å². The summed E-state index contributed by atoms with van der Waals surface area (Å²) in [4.78, 5) is 21.8. The number of carbonyl (C=O) groups excluding carboxylic acids is 1. The number of fused-ring (bicyclic) bond motifs is 2. The first kappa shape index (κ1) is 20.0. The van der Waals surface area contributed by atoms with E-state index in [1.807, 2.05) is 36.4 Å². The van der Waals surface area contributed by atoms with Gasteiger partial charge in [0.15, 0.2) is 23.0 Å². The van der Waals surface area contributed by atoms with Gasteiger partial charge in [-0.05, 0) is 37.4 Å². The highest BCUT2D eigenvalue weighted by atomic mass is 16.6. The molecule has 0 saturated carbocycles. The van der Waals surface area contributed by atoms with Crippen LogP contribution in [0.15, 0.2) is 36.4 Å². The van der Waals surface area contributed by atoms with E-state index in [9.17, 15) is 4.79 Å². The number of aromatic nitrogens is 3. The molecule has 162 valence electrons. The smallest absolute Gasteiger partial charge is 0.162 e. The average molecular weight is 422 g/mol. The summed E-state index contributed by atoms with van der Waals surface area (Å²) in [6.45, 7) is 6.09. The summed E-state index contributed by atoms with van der Waals surface area (Å²) in [5, 5.41) is 4.64. The van der Waals surface area contributed by atoms with Crippen molar-refractivity contribution >= 4 is 11.4 Å². The molecule has 1 aromatic carbocycles. The highest BCUT2D eigenvalue weighted by Gasteiger charge is 2.18. The molecular weight excluding hydrogens is 394 g/mol. The molecular formula is C23H27N5O3. The van der Waals surface area contributed by atoms with Crippen molar-refractivity contribution in [3.05, 3.63) is 42.2 Å². The predicted molar refractivity (Wildman–Crippen MR) is 117 cm³/mol. The first-order valence-electron chi connectivity index (χ1n) is 10.8. The molecule has 2 aromatic heterocycles. The summed E-state index contributed by atoms with van der Waals surface area (Å²) in [5.74, 6) is 2.23. The molecule has 0 spiro atoms. The van der Waals surface area contributed by atoms with E-state index in [1.54, 1.807) is 4.52 Å². The second-order valence-corrected chi connectivity index (χ2v) is 8.18. The van der Waals surface area contributed by atoms with Crippen molar-refractivity contribution in [1.29, 1.82) is 0 Å². The summed E-state index contributed by atoms with van der Waals surface area (Å²) in [5.41, 5.74) is 2.60. The van der Waals surface area contributed by atoms with E-state index in [2.05, 4.69) is 26.9 Å². The zero-order valence-electron chi connectivity index (χ0n) is 17.8. The van der Waals surface area contributed by atoms with Crippen molar-refractivity contribution in [2.45, 2.75) is 12.8 Å². The van der Waals surface area contributed by atoms with Crippen LogP contribution in [-0.2, 0) is 11.2 Å². The van der Waals surface area contributed by atoms with Crippen LogP contribution in [0.3, 0.4) is 0 Å². The number of likely N-dealkylation sites (N-methyl/N-ethyl adjacent to an activating group) is 1. The van der Waals surface area contributed by atoms with Gasteiger partial charge in [0.2, 0.25) is 0 Å². The normalized spacial score (nSPS) is 17.2. The minimum atomic E-state index is 0.177. The Bertz CT molecular complexity index is 1090. The Morgan fingerprint density at radius 2 is 1.84 bits per heavy atom. The Kier molecular flexibility index (Phi) is 5.57. The van der Waals surface area contributed by atoms with Gasteiger partial charge in [-0.2, -0.15) is 5.10 Å². The number of ketones is 1. The van der Waals surface area contributed by atoms with Crippen molar-refractivity contribution in [1.82, 2.24) is 24.4 Å². The van der Waals surface area contributed by atoms with E-state index in [-0.39, 0.29) is 12.2 Å². The third-order valence-electron chi connectivity index (χ3n) is 5.90. The van der Waals surface area contributed by atoms with E-state index in [1.165, 1.54) is 0 Å². The third kappa shape index (κ3) is 4.40. The third-order valence-corrected chi connectivity index (χ3v) is 5.90. The maximum absolute atomic E-state index is 12.6. The molecule has 0 unspecified atom stereocenters. The lowest BCUT2D eigenvalue weighted by atomic mass is 10.1. The number of rotatable bonds is 6. The number of hydrogen-bond acceptors (Lipinski definition) is 7. The molecule has 2 aliphatic heterocycles. The average Bonchev–Trinajstić information content (AvgIpc) is 3.20. The van der Waals surface area contributed by atoms with Crippen molar-refractivity contribution in [3.63, 3.8) is 0 Å². The molecule has 3 aromatic rings. The number of pyridine rings is 1. The Hall–Kier alpha value is -2.97. The second-order valence-electron chi connectivity index (χ2n) is 8.18. The Balaban J connectivity index is 1.30. The van der Waals surface area contributed by atoms with E-state index in [0.717, 1.165) is 61.1 Å². The molecule has 0 aliphatic carbocycles. The standard InChI is InChI=1S/C23H27N5O3/c1-26-9-11-27(12-10-26)8-7-18(29)16-22-24-23-4-2-3-19(28(23)25-22)17-5-6-20-21(15-17)31-14-13-30-20/h2-6,15H,7-14,16H2,1H3. The van der Waals surface area contributed by atoms with E-state index in [4.69, 9.17) is 9.47 Å². The number of nitrogens with zero attached hydrogens (tertiary/aromatic N) is 5. The zero-order chi connectivity index (χ0) is 21.2. The predicted octanol–water partition coefficient (Wildman–Crippen LogP) is 1.92. The summed E-state index contributed by atoms with van der Waals surface area (Å²) in [6.07, 6.45) is 0.796. The van der Waals surface area contributed by atoms with Crippen LogP contribution < -0.4 is 9.47 Å². The van der Waals surface area contributed by atoms with Crippen LogP contribution >= 0.6 is 0 Å². The fourth-order valence-corrected chi connectivity index (χ4v) is 4.06. The van der Waals surface area contributed by atoms with Gasteiger partial charge in [0, 0.05) is 44.7 Å². The lowest BCUT2D eigenvalue weighted by Crippen LogP contribution is -2.45. The fraction of sp³-hybridized carbons (Fsp3) is 0.435. The molecule has 8 nitrogen and oxygen atoms in total. The van der Waals surface area contributed by atoms with Crippen molar-refractivity contribution in [3.8, 4) is 22.8 Å². The number of Topliss-reactive ketones (excluding diaryl/α,β-unsaturated/α-hetero) is 1. The molecule has 0 atom stereocenters. The highest BCUT2D eigenvalue weighted by Crippen LogP contribution is 2.34. The van der Waals surface area contributed by atoms with E-state index in [0.29, 0.717) is 25.5 Å². The highest BCUT2D eigenvalue weighted by molar-refractivity contribution is 5.80. The molecule has 4 heterocycles. The summed E-state index contributed by atoms with van der Waals surface area (Å²) < 4.78 is 13.1. The number of ether oxygens (including phenoxy) is 2. The molecule has 1 fully saturated rings. The number of piperazine rings is 1. The maximum Gasteiger partial charge on any atom is 0.162 e. The van der Waals surface area contributed by atoms with Gasteiger partial charge in [0.1, 0.15) is 19.0 Å². The summed E-state index contributed by atoms with van der Waals surface area (Å²) in [6, 6.07) is 11.7. The number of benzene rings is 1. The lowest BCUT2D eigenvalue weighted by molar-refractivity contribution is -0.118. The molecule has 0 N–H and O–H groups in total. The van der Waals surface area contributed by atoms with Gasteiger partial charge in [-0.15, -0.1) is 0 Å². The van der Waals surface area contributed by atoms with E-state index < -0.39 is 0 Å². The van der Waals surface area contributed by atoms with Crippen molar-refractivity contribution in [2.75, 3.05) is 53.0 Å². The Morgan fingerprint density at radius 3 is 2.68 bits per heavy atom. The molecule has 5 rings (SSSR count). The second kappa shape index (κ2) is 8.64. The van der Waals surface area contributed by atoms with Gasteiger partial charge < -0.3 is 19.3 Å². The Labute approximate surface area is 181 Å². The van der Waals surface area contributed by atoms with Crippen LogP contribution in [0, 0.1) is 0 Å². The molecule has 0 radical (unpaired) electrons. The first-order valence-corrected chi connectivity index (χ1v) is 10.8. The molecule has 1 saturated heterocycles. The van der Waals surface area contributed by atoms with Gasteiger partial charge >= 0.3 is 0 Å². The van der Waals surface area contributed by atoms with Crippen LogP contribution in [-0.4, -0.2) is 83.2 Å². The van der Waals surface area contributed by atoms with Gasteiger partial charge in [0.25, 0.3) is 0 Å². The molecule has 0 bridgehead atoms. The maximum atomic E-state index is 12.6. The van der Waals surface area contributed by atoms with Gasteiger partial charge in [-0.3, -0.25) is 4.79 Å². The van der Waals surface area contributed by atoms with Crippen LogP contribution in [0.25, 0.3) is 16.9 Å². The summed E-state index contributed by atoms with van der Waals surface area (Å²) in [7, 11) is 2.14. The molecule has 2 aliphatic rings. The van der Waals surface area contributed by atoms with E-state index >= 15 is 0 Å². The lowest BCUT2D eigenvalue weighted by Gasteiger charge is -2.32. The molecule has 31 heavy (non-hydrogen) atoms. The number of hydrogen-bond donors (Lipinski definition) is 0. The SMILES string of the molecule is CN1CCN(CCC(=O)Cc2nc3cccc(-c4ccc5c(c4)OCCO5)n3n2)CC1. The topological polar surface area (TPSA) is 72.2 Å². The monoisotopic (exact) mass is 421 g/mol.